The Hall–Kier alpha value is -2.29. The molecule has 0 spiro atoms. The fourth-order valence-electron chi connectivity index (χ4n) is 4.57. The van der Waals surface area contributed by atoms with E-state index in [0.29, 0.717) is 5.56 Å². The zero-order valence-electron chi connectivity index (χ0n) is 22.1. The molecule has 0 heterocycles. The summed E-state index contributed by atoms with van der Waals surface area (Å²) in [5.41, 5.74) is 2.38. The lowest BCUT2D eigenvalue weighted by Gasteiger charge is -2.08. The first-order valence-electron chi connectivity index (χ1n) is 14.3. The van der Waals surface area contributed by atoms with E-state index in [1.165, 1.54) is 103 Å². The molecule has 0 aliphatic rings. The third-order valence-electron chi connectivity index (χ3n) is 6.84. The number of carboxylic acid groups (broad SMARTS) is 1. The summed E-state index contributed by atoms with van der Waals surface area (Å²) in [7, 11) is 0. The van der Waals surface area contributed by atoms with Crippen LogP contribution in [-0.4, -0.2) is 17.7 Å². The quantitative estimate of drug-likeness (QED) is 0.181. The largest absolute Gasteiger partial charge is 0.494 e. The van der Waals surface area contributed by atoms with Gasteiger partial charge in [-0.3, -0.25) is 0 Å². The smallest absolute Gasteiger partial charge is 0.335 e. The SMILES string of the molecule is CCCCCCCCCCCCCCCCCCCOc1ccc(-c2ccc(C(=O)O)cc2)cc1. The van der Waals surface area contributed by atoms with Crippen LogP contribution < -0.4 is 4.74 Å². The minimum Gasteiger partial charge on any atom is -0.494 e. The Kier molecular flexibility index (Phi) is 15.7. The molecule has 0 aliphatic heterocycles. The van der Waals surface area contributed by atoms with Gasteiger partial charge in [-0.2, -0.15) is 0 Å². The zero-order valence-corrected chi connectivity index (χ0v) is 22.1. The molecule has 2 aromatic carbocycles. The molecule has 2 aromatic rings. The molecule has 2 rings (SSSR count). The van der Waals surface area contributed by atoms with E-state index in [-0.39, 0.29) is 0 Å². The van der Waals surface area contributed by atoms with E-state index in [4.69, 9.17) is 9.84 Å². The first-order valence-corrected chi connectivity index (χ1v) is 14.3. The number of benzene rings is 2. The summed E-state index contributed by atoms with van der Waals surface area (Å²) in [6.07, 6.45) is 23.5. The van der Waals surface area contributed by atoms with Crippen LogP contribution in [0.4, 0.5) is 0 Å². The van der Waals surface area contributed by atoms with Gasteiger partial charge in [0.2, 0.25) is 0 Å². The minimum absolute atomic E-state index is 0.308. The van der Waals surface area contributed by atoms with E-state index in [2.05, 4.69) is 6.92 Å². The molecule has 0 atom stereocenters. The highest BCUT2D eigenvalue weighted by Gasteiger charge is 2.04. The summed E-state index contributed by atoms with van der Waals surface area (Å²) < 4.78 is 5.89. The van der Waals surface area contributed by atoms with Crippen molar-refractivity contribution in [1.29, 1.82) is 0 Å². The Morgan fingerprint density at radius 2 is 0.943 bits per heavy atom. The summed E-state index contributed by atoms with van der Waals surface area (Å²) in [6.45, 7) is 3.05. The lowest BCUT2D eigenvalue weighted by atomic mass is 10.0. The molecular weight excluding hydrogens is 432 g/mol. The van der Waals surface area contributed by atoms with Gasteiger partial charge in [0.05, 0.1) is 12.2 Å². The topological polar surface area (TPSA) is 46.5 Å². The number of unbranched alkanes of at least 4 members (excludes halogenated alkanes) is 16. The van der Waals surface area contributed by atoms with Crippen molar-refractivity contribution in [2.24, 2.45) is 0 Å². The van der Waals surface area contributed by atoms with Crippen molar-refractivity contribution in [2.45, 2.75) is 116 Å². The van der Waals surface area contributed by atoms with E-state index in [1.54, 1.807) is 12.1 Å². The Morgan fingerprint density at radius 1 is 0.571 bits per heavy atom. The summed E-state index contributed by atoms with van der Waals surface area (Å²) in [4.78, 5) is 11.0. The zero-order chi connectivity index (χ0) is 25.0. The van der Waals surface area contributed by atoms with Gasteiger partial charge >= 0.3 is 5.97 Å². The third kappa shape index (κ3) is 13.4. The molecular formula is C32H48O3. The Morgan fingerprint density at radius 3 is 1.34 bits per heavy atom. The second-order valence-electron chi connectivity index (χ2n) is 9.91. The predicted molar refractivity (Wildman–Crippen MR) is 148 cm³/mol. The predicted octanol–water partition coefficient (Wildman–Crippen LogP) is 10.1. The van der Waals surface area contributed by atoms with Crippen LogP contribution in [0.2, 0.25) is 0 Å². The number of hydrogen-bond acceptors (Lipinski definition) is 2. The van der Waals surface area contributed by atoms with Gasteiger partial charge in [-0.25, -0.2) is 4.79 Å². The lowest BCUT2D eigenvalue weighted by molar-refractivity contribution is 0.0697. The normalized spacial score (nSPS) is 11.0. The monoisotopic (exact) mass is 480 g/mol. The van der Waals surface area contributed by atoms with Crippen LogP contribution in [0.15, 0.2) is 48.5 Å². The average molecular weight is 481 g/mol. The first-order chi connectivity index (χ1) is 17.2. The van der Waals surface area contributed by atoms with E-state index >= 15 is 0 Å². The fraction of sp³-hybridized carbons (Fsp3) is 0.594. The number of hydrogen-bond donors (Lipinski definition) is 1. The minimum atomic E-state index is -0.898. The molecule has 1 N–H and O–H groups in total. The maximum atomic E-state index is 11.0. The molecule has 0 aliphatic carbocycles. The van der Waals surface area contributed by atoms with Crippen molar-refractivity contribution in [3.8, 4) is 16.9 Å². The van der Waals surface area contributed by atoms with Gasteiger partial charge < -0.3 is 9.84 Å². The van der Waals surface area contributed by atoms with Crippen molar-refractivity contribution in [3.63, 3.8) is 0 Å². The molecule has 0 unspecified atom stereocenters. The highest BCUT2D eigenvalue weighted by Crippen LogP contribution is 2.23. The van der Waals surface area contributed by atoms with Crippen LogP contribution in [0.1, 0.15) is 126 Å². The molecule has 0 bridgehead atoms. The van der Waals surface area contributed by atoms with Gasteiger partial charge in [-0.15, -0.1) is 0 Å². The van der Waals surface area contributed by atoms with Crippen molar-refractivity contribution in [3.05, 3.63) is 54.1 Å². The fourth-order valence-corrected chi connectivity index (χ4v) is 4.57. The number of rotatable bonds is 21. The van der Waals surface area contributed by atoms with Crippen LogP contribution in [0.3, 0.4) is 0 Å². The van der Waals surface area contributed by atoms with Crippen LogP contribution in [0.25, 0.3) is 11.1 Å². The molecule has 35 heavy (non-hydrogen) atoms. The summed E-state index contributed by atoms with van der Waals surface area (Å²) >= 11 is 0. The molecule has 194 valence electrons. The van der Waals surface area contributed by atoms with Crippen LogP contribution in [-0.2, 0) is 0 Å². The van der Waals surface area contributed by atoms with E-state index < -0.39 is 5.97 Å². The van der Waals surface area contributed by atoms with Crippen molar-refractivity contribution in [2.75, 3.05) is 6.61 Å². The van der Waals surface area contributed by atoms with Gasteiger partial charge in [0.15, 0.2) is 0 Å². The number of aromatic carboxylic acids is 1. The average Bonchev–Trinajstić information content (AvgIpc) is 2.88. The summed E-state index contributed by atoms with van der Waals surface area (Å²) in [5.74, 6) is -0.00274. The highest BCUT2D eigenvalue weighted by molar-refractivity contribution is 5.88. The van der Waals surface area contributed by atoms with Crippen LogP contribution in [0.5, 0.6) is 5.75 Å². The molecule has 0 amide bonds. The molecule has 3 heteroatoms. The van der Waals surface area contributed by atoms with Crippen LogP contribution in [0, 0.1) is 0 Å². The Balaban J connectivity index is 1.39. The second kappa shape index (κ2) is 19.0. The summed E-state index contributed by atoms with van der Waals surface area (Å²) in [5, 5.41) is 9.01. The number of ether oxygens (including phenoxy) is 1. The van der Waals surface area contributed by atoms with Crippen LogP contribution >= 0.6 is 0 Å². The first kappa shape index (κ1) is 28.9. The van der Waals surface area contributed by atoms with Gasteiger partial charge in [-0.05, 0) is 41.8 Å². The molecule has 0 fully saturated rings. The van der Waals surface area contributed by atoms with Gasteiger partial charge in [0.1, 0.15) is 5.75 Å². The van der Waals surface area contributed by atoms with E-state index in [1.807, 2.05) is 36.4 Å². The van der Waals surface area contributed by atoms with E-state index in [0.717, 1.165) is 29.9 Å². The standard InChI is InChI=1S/C32H48O3/c1-2-3-4-5-6-7-8-9-10-11-12-13-14-15-16-17-18-27-35-31-25-23-29(24-26-31)28-19-21-30(22-20-28)32(33)34/h19-26H,2-18,27H2,1H3,(H,33,34). The third-order valence-corrected chi connectivity index (χ3v) is 6.84. The molecule has 0 aromatic heterocycles. The molecule has 0 saturated heterocycles. The summed E-state index contributed by atoms with van der Waals surface area (Å²) in [6, 6.07) is 15.0. The number of carbonyl (C=O) groups is 1. The Labute approximate surface area is 214 Å². The second-order valence-corrected chi connectivity index (χ2v) is 9.91. The van der Waals surface area contributed by atoms with Crippen molar-refractivity contribution in [1.82, 2.24) is 0 Å². The van der Waals surface area contributed by atoms with Gasteiger partial charge in [0.25, 0.3) is 0 Å². The maximum absolute atomic E-state index is 11.0. The highest BCUT2D eigenvalue weighted by atomic mass is 16.5. The number of carboxylic acids is 1. The van der Waals surface area contributed by atoms with Gasteiger partial charge in [-0.1, -0.05) is 134 Å². The Bertz CT molecular complexity index is 779. The van der Waals surface area contributed by atoms with Crippen molar-refractivity contribution < 1.29 is 14.6 Å². The van der Waals surface area contributed by atoms with Gasteiger partial charge in [0, 0.05) is 0 Å². The van der Waals surface area contributed by atoms with Crippen molar-refractivity contribution >= 4 is 5.97 Å². The lowest BCUT2D eigenvalue weighted by Crippen LogP contribution is -1.97. The molecule has 3 nitrogen and oxygen atoms in total. The molecule has 0 saturated carbocycles. The molecule has 0 radical (unpaired) electrons. The maximum Gasteiger partial charge on any atom is 0.335 e. The van der Waals surface area contributed by atoms with E-state index in [9.17, 15) is 4.79 Å².